The van der Waals surface area contributed by atoms with E-state index < -0.39 is 11.2 Å². The molecule has 0 aromatic heterocycles. The van der Waals surface area contributed by atoms with Gasteiger partial charge >= 0.3 is 0 Å². The number of aliphatic hydroxyl groups is 1. The number of hydrogen-bond acceptors (Lipinski definition) is 4. The van der Waals surface area contributed by atoms with Crippen molar-refractivity contribution < 1.29 is 19.3 Å². The molecule has 0 radical (unpaired) electrons. The van der Waals surface area contributed by atoms with E-state index in [1.54, 1.807) is 14.2 Å². The summed E-state index contributed by atoms with van der Waals surface area (Å²) in [6, 6.07) is 10.1. The highest BCUT2D eigenvalue weighted by atomic mass is 16.5. The van der Waals surface area contributed by atoms with Crippen LogP contribution >= 0.6 is 0 Å². The van der Waals surface area contributed by atoms with Gasteiger partial charge < -0.3 is 19.3 Å². The maximum absolute atomic E-state index is 11.3. The highest BCUT2D eigenvalue weighted by Crippen LogP contribution is 2.53. The van der Waals surface area contributed by atoms with Crippen molar-refractivity contribution in [2.45, 2.75) is 55.5 Å². The molecule has 4 nitrogen and oxygen atoms in total. The van der Waals surface area contributed by atoms with Crippen LogP contribution in [0.4, 0.5) is 0 Å². The Morgan fingerprint density at radius 1 is 1.04 bits per heavy atom. The van der Waals surface area contributed by atoms with Crippen LogP contribution in [0, 0.1) is 0 Å². The highest BCUT2D eigenvalue weighted by molar-refractivity contribution is 5.29. The average molecular weight is 332 g/mol. The van der Waals surface area contributed by atoms with Crippen molar-refractivity contribution >= 4 is 0 Å². The minimum Gasteiger partial charge on any atom is -0.386 e. The van der Waals surface area contributed by atoms with E-state index in [1.807, 2.05) is 24.3 Å². The van der Waals surface area contributed by atoms with Gasteiger partial charge in [0, 0.05) is 27.2 Å². The van der Waals surface area contributed by atoms with Gasteiger partial charge in [-0.3, -0.25) is 0 Å². The van der Waals surface area contributed by atoms with Crippen LogP contribution < -0.4 is 0 Å². The Kier molecular flexibility index (Phi) is 5.11. The van der Waals surface area contributed by atoms with Crippen LogP contribution in [-0.2, 0) is 20.8 Å². The fourth-order valence-corrected chi connectivity index (χ4v) is 4.16. The molecular formula is C20H28O4. The standard InChI is InChI=1S/C20H28O4/c1-22-18-10-12-20(23-2,13-11-18)19(21,16-18)9-6-14-24-15-17-7-4-3-5-8-17/h3-5,7-8,10,12,21H,6,9,11,13-16H2,1-2H3/t18-,19-,20+/m0/s1. The first-order valence-corrected chi connectivity index (χ1v) is 8.72. The Hall–Kier alpha value is -1.20. The first-order chi connectivity index (χ1) is 11.6. The Labute approximate surface area is 144 Å². The molecule has 4 heteroatoms. The van der Waals surface area contributed by atoms with E-state index in [-0.39, 0.29) is 5.60 Å². The van der Waals surface area contributed by atoms with Gasteiger partial charge in [0.05, 0.1) is 12.2 Å². The Balaban J connectivity index is 1.55. The van der Waals surface area contributed by atoms with E-state index in [0.717, 1.165) is 19.3 Å². The molecule has 3 aliphatic carbocycles. The summed E-state index contributed by atoms with van der Waals surface area (Å²) in [5, 5.41) is 11.3. The van der Waals surface area contributed by atoms with Gasteiger partial charge in [-0.1, -0.05) is 42.5 Å². The minimum absolute atomic E-state index is 0.347. The number of fused-ring (bicyclic) bond motifs is 2. The summed E-state index contributed by atoms with van der Waals surface area (Å²) < 4.78 is 17.2. The number of ether oxygens (including phenoxy) is 3. The lowest BCUT2D eigenvalue weighted by Crippen LogP contribution is -2.65. The van der Waals surface area contributed by atoms with Crippen molar-refractivity contribution in [2.24, 2.45) is 0 Å². The summed E-state index contributed by atoms with van der Waals surface area (Å²) >= 11 is 0. The lowest BCUT2D eigenvalue weighted by atomic mass is 9.59. The van der Waals surface area contributed by atoms with E-state index in [1.165, 1.54) is 5.56 Å². The number of methoxy groups -OCH3 is 2. The Bertz CT molecular complexity index is 572. The predicted octanol–water partition coefficient (Wildman–Crippen LogP) is 3.24. The van der Waals surface area contributed by atoms with E-state index in [2.05, 4.69) is 18.2 Å². The van der Waals surface area contributed by atoms with E-state index >= 15 is 0 Å². The molecule has 0 unspecified atom stereocenters. The maximum Gasteiger partial charge on any atom is 0.115 e. The van der Waals surface area contributed by atoms with E-state index in [0.29, 0.717) is 26.1 Å². The summed E-state index contributed by atoms with van der Waals surface area (Å²) in [5.74, 6) is 0. The summed E-state index contributed by atoms with van der Waals surface area (Å²) in [6.07, 6.45) is 7.78. The summed E-state index contributed by atoms with van der Waals surface area (Å²) in [5.41, 5.74) is -0.671. The van der Waals surface area contributed by atoms with Crippen molar-refractivity contribution in [3.63, 3.8) is 0 Å². The van der Waals surface area contributed by atoms with Crippen molar-refractivity contribution in [2.75, 3.05) is 20.8 Å². The highest BCUT2D eigenvalue weighted by Gasteiger charge is 2.60. The minimum atomic E-state index is -0.902. The lowest BCUT2D eigenvalue weighted by Gasteiger charge is -2.57. The van der Waals surface area contributed by atoms with Crippen LogP contribution in [0.25, 0.3) is 0 Å². The second-order valence-corrected chi connectivity index (χ2v) is 7.05. The normalized spacial score (nSPS) is 34.6. The molecule has 0 spiro atoms. The van der Waals surface area contributed by atoms with Crippen LogP contribution in [0.15, 0.2) is 42.5 Å². The molecular weight excluding hydrogens is 304 g/mol. The zero-order valence-corrected chi connectivity index (χ0v) is 14.7. The SMILES string of the molecule is CO[C@@]12C=C[C@@](OC)(CC1)[C@](O)(CCCOCc1ccccc1)C2. The van der Waals surface area contributed by atoms with Gasteiger partial charge in [-0.25, -0.2) is 0 Å². The Morgan fingerprint density at radius 2 is 1.83 bits per heavy atom. The van der Waals surface area contributed by atoms with Gasteiger partial charge in [-0.15, -0.1) is 0 Å². The molecule has 1 aromatic rings. The summed E-state index contributed by atoms with van der Waals surface area (Å²) in [7, 11) is 3.41. The van der Waals surface area contributed by atoms with Crippen LogP contribution in [0.2, 0.25) is 0 Å². The van der Waals surface area contributed by atoms with Crippen LogP contribution in [0.3, 0.4) is 0 Å². The third-order valence-corrected chi connectivity index (χ3v) is 5.72. The van der Waals surface area contributed by atoms with Crippen molar-refractivity contribution in [3.05, 3.63) is 48.0 Å². The zero-order chi connectivity index (χ0) is 17.1. The van der Waals surface area contributed by atoms with Crippen molar-refractivity contribution in [3.8, 4) is 0 Å². The molecule has 0 heterocycles. The molecule has 0 amide bonds. The lowest BCUT2D eigenvalue weighted by molar-refractivity contribution is -0.218. The van der Waals surface area contributed by atoms with Crippen LogP contribution in [0.5, 0.6) is 0 Å². The molecule has 1 aromatic carbocycles. The number of rotatable bonds is 8. The molecule has 0 saturated heterocycles. The van der Waals surface area contributed by atoms with Crippen LogP contribution in [-0.4, -0.2) is 42.7 Å². The predicted molar refractivity (Wildman–Crippen MR) is 92.8 cm³/mol. The Morgan fingerprint density at radius 3 is 2.46 bits per heavy atom. The van der Waals surface area contributed by atoms with Crippen molar-refractivity contribution in [1.82, 2.24) is 0 Å². The fraction of sp³-hybridized carbons (Fsp3) is 0.600. The molecule has 4 rings (SSSR count). The van der Waals surface area contributed by atoms with Gasteiger partial charge in [0.2, 0.25) is 0 Å². The van der Waals surface area contributed by atoms with Gasteiger partial charge in [0.1, 0.15) is 11.2 Å². The molecule has 24 heavy (non-hydrogen) atoms. The zero-order valence-electron chi connectivity index (χ0n) is 14.7. The second kappa shape index (κ2) is 6.96. The van der Waals surface area contributed by atoms with Gasteiger partial charge in [0.15, 0.2) is 0 Å². The number of hydrogen-bond donors (Lipinski definition) is 1. The monoisotopic (exact) mass is 332 g/mol. The largest absolute Gasteiger partial charge is 0.386 e. The molecule has 1 N–H and O–H groups in total. The molecule has 132 valence electrons. The van der Waals surface area contributed by atoms with Crippen molar-refractivity contribution in [1.29, 1.82) is 0 Å². The fourth-order valence-electron chi connectivity index (χ4n) is 4.16. The smallest absolute Gasteiger partial charge is 0.115 e. The molecule has 0 aliphatic heterocycles. The first kappa shape index (κ1) is 17.6. The molecule has 2 bridgehead atoms. The average Bonchev–Trinajstić information content (AvgIpc) is 2.63. The van der Waals surface area contributed by atoms with Crippen LogP contribution in [0.1, 0.15) is 37.7 Å². The van der Waals surface area contributed by atoms with Gasteiger partial charge in [-0.2, -0.15) is 0 Å². The third-order valence-electron chi connectivity index (χ3n) is 5.72. The molecule has 1 saturated carbocycles. The van der Waals surface area contributed by atoms with E-state index in [4.69, 9.17) is 14.2 Å². The molecule has 3 aliphatic rings. The van der Waals surface area contributed by atoms with Gasteiger partial charge in [-0.05, 0) is 31.2 Å². The molecule has 1 fully saturated rings. The topological polar surface area (TPSA) is 47.9 Å². The molecule has 3 atom stereocenters. The second-order valence-electron chi connectivity index (χ2n) is 7.05. The van der Waals surface area contributed by atoms with E-state index in [9.17, 15) is 5.11 Å². The third kappa shape index (κ3) is 3.16. The summed E-state index contributed by atoms with van der Waals surface area (Å²) in [6.45, 7) is 1.23. The van der Waals surface area contributed by atoms with Gasteiger partial charge in [0.25, 0.3) is 0 Å². The number of benzene rings is 1. The maximum atomic E-state index is 11.3. The first-order valence-electron chi connectivity index (χ1n) is 8.72. The summed E-state index contributed by atoms with van der Waals surface area (Å²) in [4.78, 5) is 0. The quantitative estimate of drug-likeness (QED) is 0.586.